The van der Waals surface area contributed by atoms with Crippen LogP contribution < -0.4 is 4.90 Å². The molecule has 164 valence electrons. The maximum Gasteiger partial charge on any atom is 0.0462 e. The highest BCUT2D eigenvalue weighted by Gasteiger charge is 2.18. The molecule has 0 bridgehead atoms. The fourth-order valence-electron chi connectivity index (χ4n) is 4.76. The summed E-state index contributed by atoms with van der Waals surface area (Å²) in [6.07, 6.45) is 0.998. The van der Waals surface area contributed by atoms with Gasteiger partial charge in [-0.25, -0.2) is 0 Å². The van der Waals surface area contributed by atoms with Gasteiger partial charge >= 0.3 is 0 Å². The van der Waals surface area contributed by atoms with Crippen molar-refractivity contribution in [1.82, 2.24) is 0 Å². The summed E-state index contributed by atoms with van der Waals surface area (Å²) in [5, 5.41) is 1.43. The third kappa shape index (κ3) is 3.88. The largest absolute Gasteiger partial charge is 0.311 e. The lowest BCUT2D eigenvalue weighted by atomic mass is 9.99. The molecule has 1 aliphatic rings. The lowest BCUT2D eigenvalue weighted by Gasteiger charge is -2.25. The van der Waals surface area contributed by atoms with Gasteiger partial charge in [0.25, 0.3) is 0 Å². The van der Waals surface area contributed by atoms with Crippen LogP contribution in [0.4, 0.5) is 17.1 Å². The van der Waals surface area contributed by atoms with Gasteiger partial charge in [-0.15, -0.1) is 0 Å². The van der Waals surface area contributed by atoms with Crippen molar-refractivity contribution in [1.29, 1.82) is 0 Å². The van der Waals surface area contributed by atoms with Crippen LogP contribution >= 0.6 is 23.2 Å². The smallest absolute Gasteiger partial charge is 0.0462 e. The molecule has 6 rings (SSSR count). The number of anilines is 3. The van der Waals surface area contributed by atoms with E-state index in [9.17, 15) is 0 Å². The monoisotopic (exact) mass is 477 g/mol. The van der Waals surface area contributed by atoms with E-state index in [0.717, 1.165) is 23.5 Å². The number of hydrogen-bond acceptors (Lipinski definition) is 1. The van der Waals surface area contributed by atoms with Crippen LogP contribution in [0.2, 0.25) is 10.0 Å². The van der Waals surface area contributed by atoms with Crippen LogP contribution in [0.1, 0.15) is 11.1 Å². The second-order valence-electron chi connectivity index (χ2n) is 8.54. The molecule has 0 amide bonds. The molecule has 5 aromatic carbocycles. The normalized spacial score (nSPS) is 11.7. The Hall–Kier alpha value is -3.52. The van der Waals surface area contributed by atoms with E-state index in [1.807, 2.05) is 48.5 Å². The van der Waals surface area contributed by atoms with Crippen molar-refractivity contribution in [3.8, 4) is 22.3 Å². The number of benzene rings is 5. The summed E-state index contributed by atoms with van der Waals surface area (Å²) in [6, 6.07) is 40.0. The van der Waals surface area contributed by atoms with E-state index in [0.29, 0.717) is 10.0 Å². The molecule has 1 aliphatic carbocycles. The van der Waals surface area contributed by atoms with E-state index in [-0.39, 0.29) is 0 Å². The Balaban J connectivity index is 1.35. The van der Waals surface area contributed by atoms with Crippen molar-refractivity contribution in [3.05, 3.63) is 136 Å². The minimum absolute atomic E-state index is 0.717. The molecule has 0 atom stereocenters. The number of hydrogen-bond donors (Lipinski definition) is 0. The Labute approximate surface area is 209 Å². The number of fused-ring (bicyclic) bond motifs is 3. The van der Waals surface area contributed by atoms with Crippen molar-refractivity contribution in [2.24, 2.45) is 0 Å². The first kappa shape index (κ1) is 21.0. The molecule has 0 unspecified atom stereocenters. The summed E-state index contributed by atoms with van der Waals surface area (Å²) >= 11 is 12.3. The van der Waals surface area contributed by atoms with Crippen LogP contribution in [0.25, 0.3) is 22.3 Å². The van der Waals surface area contributed by atoms with Gasteiger partial charge in [0, 0.05) is 27.1 Å². The van der Waals surface area contributed by atoms with E-state index in [1.54, 1.807) is 0 Å². The fourth-order valence-corrected chi connectivity index (χ4v) is 5.01. The van der Waals surface area contributed by atoms with Crippen molar-refractivity contribution in [2.45, 2.75) is 6.42 Å². The van der Waals surface area contributed by atoms with Crippen molar-refractivity contribution in [2.75, 3.05) is 4.90 Å². The topological polar surface area (TPSA) is 3.24 Å². The van der Waals surface area contributed by atoms with Gasteiger partial charge in [-0.2, -0.15) is 0 Å². The molecule has 3 heteroatoms. The molecule has 0 heterocycles. The van der Waals surface area contributed by atoms with E-state index < -0.39 is 0 Å². The molecule has 1 nitrogen and oxygen atoms in total. The zero-order valence-electron chi connectivity index (χ0n) is 18.4. The van der Waals surface area contributed by atoms with Crippen LogP contribution in [0.3, 0.4) is 0 Å². The molecular formula is C31H21Cl2N. The fraction of sp³-hybridized carbons (Fsp3) is 0.0323. The van der Waals surface area contributed by atoms with E-state index in [2.05, 4.69) is 71.6 Å². The molecule has 0 radical (unpaired) electrons. The Bertz CT molecular complexity index is 1420. The Morgan fingerprint density at radius 2 is 0.971 bits per heavy atom. The predicted octanol–water partition coefficient (Wildman–Crippen LogP) is 9.70. The molecule has 0 saturated carbocycles. The Morgan fingerprint density at radius 3 is 1.59 bits per heavy atom. The molecule has 0 aliphatic heterocycles. The van der Waals surface area contributed by atoms with Crippen LogP contribution in [-0.4, -0.2) is 0 Å². The minimum atomic E-state index is 0.717. The van der Waals surface area contributed by atoms with Gasteiger partial charge in [-0.1, -0.05) is 77.8 Å². The Morgan fingerprint density at radius 1 is 0.471 bits per heavy atom. The predicted molar refractivity (Wildman–Crippen MR) is 145 cm³/mol. The average molecular weight is 478 g/mol. The zero-order valence-corrected chi connectivity index (χ0v) is 19.9. The maximum absolute atomic E-state index is 6.15. The third-order valence-electron chi connectivity index (χ3n) is 6.42. The average Bonchev–Trinajstić information content (AvgIpc) is 3.25. The van der Waals surface area contributed by atoms with Crippen molar-refractivity contribution < 1.29 is 0 Å². The third-order valence-corrected chi connectivity index (χ3v) is 6.93. The standard InChI is InChI=1S/C31H21Cl2N/c32-25-8-14-28(15-9-25)34(29-16-10-26(33)11-17-29)27-12-5-21(6-13-27)22-7-18-31-24(19-22)20-23-3-1-2-4-30(23)31/h1-19H,20H2. The lowest BCUT2D eigenvalue weighted by molar-refractivity contribution is 1.26. The first-order chi connectivity index (χ1) is 16.7. The SMILES string of the molecule is Clc1ccc(N(c2ccc(Cl)cc2)c2ccc(-c3ccc4c(c3)Cc3ccccc3-4)cc2)cc1. The van der Waals surface area contributed by atoms with Gasteiger partial charge in [0.2, 0.25) is 0 Å². The van der Waals surface area contributed by atoms with Gasteiger partial charge in [-0.05, 0) is 100 Å². The maximum atomic E-state index is 6.15. The van der Waals surface area contributed by atoms with Gasteiger partial charge in [0.15, 0.2) is 0 Å². The molecule has 0 fully saturated rings. The van der Waals surface area contributed by atoms with Gasteiger partial charge in [0.05, 0.1) is 0 Å². The number of halogens is 2. The molecule has 5 aromatic rings. The summed E-state index contributed by atoms with van der Waals surface area (Å²) in [7, 11) is 0. The van der Waals surface area contributed by atoms with E-state index >= 15 is 0 Å². The molecular weight excluding hydrogens is 457 g/mol. The summed E-state index contributed by atoms with van der Waals surface area (Å²) in [6.45, 7) is 0. The number of rotatable bonds is 4. The molecule has 0 saturated heterocycles. The summed E-state index contributed by atoms with van der Waals surface area (Å²) < 4.78 is 0. The van der Waals surface area contributed by atoms with E-state index in [4.69, 9.17) is 23.2 Å². The highest BCUT2D eigenvalue weighted by Crippen LogP contribution is 2.40. The van der Waals surface area contributed by atoms with Crippen LogP contribution in [0.5, 0.6) is 0 Å². The van der Waals surface area contributed by atoms with E-state index in [1.165, 1.54) is 33.4 Å². The van der Waals surface area contributed by atoms with Gasteiger partial charge in [-0.3, -0.25) is 0 Å². The van der Waals surface area contributed by atoms with Crippen LogP contribution in [0.15, 0.2) is 115 Å². The minimum Gasteiger partial charge on any atom is -0.311 e. The molecule has 0 spiro atoms. The first-order valence-electron chi connectivity index (χ1n) is 11.3. The Kier molecular flexibility index (Phi) is 5.37. The summed E-state index contributed by atoms with van der Waals surface area (Å²) in [5.41, 5.74) is 11.1. The van der Waals surface area contributed by atoms with Crippen molar-refractivity contribution in [3.63, 3.8) is 0 Å². The van der Waals surface area contributed by atoms with Crippen LogP contribution in [0, 0.1) is 0 Å². The van der Waals surface area contributed by atoms with Crippen molar-refractivity contribution >= 4 is 40.3 Å². The molecule has 0 aromatic heterocycles. The highest BCUT2D eigenvalue weighted by atomic mass is 35.5. The summed E-state index contributed by atoms with van der Waals surface area (Å²) in [5.74, 6) is 0. The lowest BCUT2D eigenvalue weighted by Crippen LogP contribution is -2.09. The second kappa shape index (κ2) is 8.68. The molecule has 0 N–H and O–H groups in total. The number of nitrogens with zero attached hydrogens (tertiary/aromatic N) is 1. The zero-order chi connectivity index (χ0) is 23.1. The first-order valence-corrected chi connectivity index (χ1v) is 12.0. The summed E-state index contributed by atoms with van der Waals surface area (Å²) in [4.78, 5) is 2.20. The van der Waals surface area contributed by atoms with Crippen LogP contribution in [-0.2, 0) is 6.42 Å². The quantitative estimate of drug-likeness (QED) is 0.244. The second-order valence-corrected chi connectivity index (χ2v) is 9.41. The highest BCUT2D eigenvalue weighted by molar-refractivity contribution is 6.31. The van der Waals surface area contributed by atoms with Gasteiger partial charge in [0.1, 0.15) is 0 Å². The molecule has 34 heavy (non-hydrogen) atoms. The van der Waals surface area contributed by atoms with Gasteiger partial charge < -0.3 is 4.90 Å².